The zero-order chi connectivity index (χ0) is 18.3. The number of nitrogens with zero attached hydrogens (tertiary/aromatic N) is 2. The van der Waals surface area contributed by atoms with Gasteiger partial charge < -0.3 is 4.90 Å². The Morgan fingerprint density at radius 1 is 0.923 bits per heavy atom. The maximum atomic E-state index is 13.2. The maximum absolute atomic E-state index is 13.2. The zero-order valence-electron chi connectivity index (χ0n) is 15.1. The first-order chi connectivity index (χ1) is 12.6. The summed E-state index contributed by atoms with van der Waals surface area (Å²) in [5.74, 6) is -0.140. The molecule has 0 radical (unpaired) electrons. The summed E-state index contributed by atoms with van der Waals surface area (Å²) in [4.78, 5) is 29.8. The predicted octanol–water partition coefficient (Wildman–Crippen LogP) is 3.49. The SMILES string of the molecule is CC(C)CN1C(=O)C(c2ccccc2)=C(N2CCc3ccccc32)C1=O. The molecule has 2 heterocycles. The Morgan fingerprint density at radius 3 is 2.35 bits per heavy atom. The Labute approximate surface area is 153 Å². The summed E-state index contributed by atoms with van der Waals surface area (Å²) in [6.45, 7) is 5.20. The summed E-state index contributed by atoms with van der Waals surface area (Å²) in [5, 5.41) is 0. The first-order valence-electron chi connectivity index (χ1n) is 9.09. The smallest absolute Gasteiger partial charge is 0.278 e. The van der Waals surface area contributed by atoms with Gasteiger partial charge in [-0.15, -0.1) is 0 Å². The molecule has 2 aromatic rings. The van der Waals surface area contributed by atoms with Crippen LogP contribution in [0, 0.1) is 5.92 Å². The van der Waals surface area contributed by atoms with Crippen LogP contribution in [0.1, 0.15) is 25.0 Å². The van der Waals surface area contributed by atoms with Gasteiger partial charge in [-0.25, -0.2) is 0 Å². The van der Waals surface area contributed by atoms with Crippen molar-refractivity contribution in [2.75, 3.05) is 18.0 Å². The van der Waals surface area contributed by atoms with Crippen LogP contribution in [0.15, 0.2) is 60.3 Å². The maximum Gasteiger partial charge on any atom is 0.278 e. The molecular formula is C22H22N2O2. The molecule has 2 aliphatic heterocycles. The van der Waals surface area contributed by atoms with E-state index in [9.17, 15) is 9.59 Å². The van der Waals surface area contributed by atoms with Crippen LogP contribution in [-0.2, 0) is 16.0 Å². The van der Waals surface area contributed by atoms with Gasteiger partial charge in [0.25, 0.3) is 11.8 Å². The van der Waals surface area contributed by atoms with E-state index in [-0.39, 0.29) is 17.7 Å². The molecule has 0 fully saturated rings. The molecule has 0 saturated carbocycles. The first-order valence-corrected chi connectivity index (χ1v) is 9.09. The molecule has 0 aliphatic carbocycles. The number of rotatable bonds is 4. The standard InChI is InChI=1S/C22H22N2O2/c1-15(2)14-24-21(25)19(17-9-4-3-5-10-17)20(22(24)26)23-13-12-16-8-6-7-11-18(16)23/h3-11,15H,12-14H2,1-2H3. The van der Waals surface area contributed by atoms with Crippen molar-refractivity contribution in [1.29, 1.82) is 0 Å². The lowest BCUT2D eigenvalue weighted by atomic mass is 10.0. The van der Waals surface area contributed by atoms with Crippen molar-refractivity contribution < 1.29 is 9.59 Å². The third-order valence-corrected chi connectivity index (χ3v) is 4.91. The van der Waals surface area contributed by atoms with Crippen LogP contribution in [0.2, 0.25) is 0 Å². The topological polar surface area (TPSA) is 40.6 Å². The van der Waals surface area contributed by atoms with Crippen molar-refractivity contribution in [2.24, 2.45) is 5.92 Å². The van der Waals surface area contributed by atoms with E-state index in [1.165, 1.54) is 10.5 Å². The van der Waals surface area contributed by atoms with Gasteiger partial charge in [-0.3, -0.25) is 14.5 Å². The predicted molar refractivity (Wildman–Crippen MR) is 102 cm³/mol. The van der Waals surface area contributed by atoms with E-state index < -0.39 is 0 Å². The number of imide groups is 1. The van der Waals surface area contributed by atoms with Crippen LogP contribution in [0.25, 0.3) is 5.57 Å². The molecule has 2 aromatic carbocycles. The van der Waals surface area contributed by atoms with Gasteiger partial charge in [0, 0.05) is 18.8 Å². The van der Waals surface area contributed by atoms with Crippen molar-refractivity contribution in [2.45, 2.75) is 20.3 Å². The van der Waals surface area contributed by atoms with E-state index >= 15 is 0 Å². The van der Waals surface area contributed by atoms with Gasteiger partial charge in [0.2, 0.25) is 0 Å². The molecular weight excluding hydrogens is 324 g/mol. The molecule has 26 heavy (non-hydrogen) atoms. The number of amides is 2. The highest BCUT2D eigenvalue weighted by atomic mass is 16.2. The van der Waals surface area contributed by atoms with Crippen LogP contribution in [0.4, 0.5) is 5.69 Å². The number of anilines is 1. The Bertz CT molecular complexity index is 899. The Hall–Kier alpha value is -2.88. The largest absolute Gasteiger partial charge is 0.336 e. The molecule has 2 amide bonds. The van der Waals surface area contributed by atoms with Gasteiger partial charge in [0.15, 0.2) is 0 Å². The lowest BCUT2D eigenvalue weighted by Crippen LogP contribution is -2.37. The molecule has 0 bridgehead atoms. The van der Waals surface area contributed by atoms with E-state index in [1.54, 1.807) is 0 Å². The molecule has 0 saturated heterocycles. The fourth-order valence-electron chi connectivity index (χ4n) is 3.78. The molecule has 4 nitrogen and oxygen atoms in total. The number of para-hydroxylation sites is 1. The van der Waals surface area contributed by atoms with Gasteiger partial charge in [0.05, 0.1) is 5.57 Å². The molecule has 4 rings (SSSR count). The second-order valence-corrected chi connectivity index (χ2v) is 7.23. The highest BCUT2D eigenvalue weighted by Gasteiger charge is 2.43. The molecule has 0 spiro atoms. The zero-order valence-corrected chi connectivity index (χ0v) is 15.1. The fourth-order valence-corrected chi connectivity index (χ4v) is 3.78. The number of carbonyl (C=O) groups excluding carboxylic acids is 2. The monoisotopic (exact) mass is 346 g/mol. The van der Waals surface area contributed by atoms with Gasteiger partial charge in [0.1, 0.15) is 5.70 Å². The third kappa shape index (κ3) is 2.62. The van der Waals surface area contributed by atoms with Gasteiger partial charge in [-0.05, 0) is 29.5 Å². The fraction of sp³-hybridized carbons (Fsp3) is 0.273. The average molecular weight is 346 g/mol. The van der Waals surface area contributed by atoms with Gasteiger partial charge in [-0.2, -0.15) is 0 Å². The molecule has 132 valence electrons. The summed E-state index contributed by atoms with van der Waals surface area (Å²) < 4.78 is 0. The minimum atomic E-state index is -0.186. The highest BCUT2D eigenvalue weighted by Crippen LogP contribution is 2.38. The van der Waals surface area contributed by atoms with Crippen LogP contribution in [-0.4, -0.2) is 29.8 Å². The summed E-state index contributed by atoms with van der Waals surface area (Å²) in [5.41, 5.74) is 4.09. The minimum absolute atomic E-state index is 0.181. The average Bonchev–Trinajstić information content (AvgIpc) is 3.16. The Balaban J connectivity index is 1.86. The van der Waals surface area contributed by atoms with Crippen LogP contribution in [0.5, 0.6) is 0 Å². The number of fused-ring (bicyclic) bond motifs is 1. The van der Waals surface area contributed by atoms with E-state index in [4.69, 9.17) is 0 Å². The second kappa shape index (κ2) is 6.45. The molecule has 0 N–H and O–H groups in total. The Kier molecular flexibility index (Phi) is 4.11. The second-order valence-electron chi connectivity index (χ2n) is 7.23. The molecule has 0 aromatic heterocycles. The van der Waals surface area contributed by atoms with E-state index in [2.05, 4.69) is 6.07 Å². The van der Waals surface area contributed by atoms with Crippen LogP contribution < -0.4 is 4.90 Å². The van der Waals surface area contributed by atoms with Gasteiger partial charge >= 0.3 is 0 Å². The van der Waals surface area contributed by atoms with Crippen molar-refractivity contribution in [3.8, 4) is 0 Å². The molecule has 4 heteroatoms. The van der Waals surface area contributed by atoms with Crippen molar-refractivity contribution in [3.63, 3.8) is 0 Å². The lowest BCUT2D eigenvalue weighted by Gasteiger charge is -2.22. The number of hydrogen-bond acceptors (Lipinski definition) is 3. The van der Waals surface area contributed by atoms with Gasteiger partial charge in [-0.1, -0.05) is 62.4 Å². The van der Waals surface area contributed by atoms with E-state index in [0.717, 1.165) is 24.2 Å². The number of carbonyl (C=O) groups is 2. The molecule has 0 unspecified atom stereocenters. The lowest BCUT2D eigenvalue weighted by molar-refractivity contribution is -0.137. The summed E-state index contributed by atoms with van der Waals surface area (Å²) >= 11 is 0. The number of benzene rings is 2. The summed E-state index contributed by atoms with van der Waals surface area (Å²) in [6.07, 6.45) is 0.882. The summed E-state index contributed by atoms with van der Waals surface area (Å²) in [7, 11) is 0. The van der Waals surface area contributed by atoms with Crippen LogP contribution >= 0.6 is 0 Å². The molecule has 0 atom stereocenters. The first kappa shape index (κ1) is 16.6. The van der Waals surface area contributed by atoms with Crippen molar-refractivity contribution >= 4 is 23.1 Å². The molecule has 2 aliphatic rings. The minimum Gasteiger partial charge on any atom is -0.336 e. The van der Waals surface area contributed by atoms with E-state index in [0.29, 0.717) is 17.8 Å². The normalized spacial score (nSPS) is 16.9. The highest BCUT2D eigenvalue weighted by molar-refractivity contribution is 6.36. The third-order valence-electron chi connectivity index (χ3n) is 4.91. The Morgan fingerprint density at radius 2 is 1.62 bits per heavy atom. The van der Waals surface area contributed by atoms with E-state index in [1.807, 2.05) is 67.3 Å². The van der Waals surface area contributed by atoms with Crippen molar-refractivity contribution in [3.05, 3.63) is 71.4 Å². The number of hydrogen-bond donors (Lipinski definition) is 0. The van der Waals surface area contributed by atoms with Crippen molar-refractivity contribution in [1.82, 2.24) is 4.90 Å². The van der Waals surface area contributed by atoms with Crippen LogP contribution in [0.3, 0.4) is 0 Å². The quantitative estimate of drug-likeness (QED) is 0.796. The summed E-state index contributed by atoms with van der Waals surface area (Å²) in [6, 6.07) is 17.6.